The molecule has 0 saturated carbocycles. The van der Waals surface area contributed by atoms with E-state index in [2.05, 4.69) is 0 Å². The Morgan fingerprint density at radius 3 is 2.11 bits per heavy atom. The fourth-order valence-electron chi connectivity index (χ4n) is 0.801. The van der Waals surface area contributed by atoms with Crippen LogP contribution in [-0.2, 0) is 4.74 Å². The molecule has 1 aliphatic rings. The maximum Gasteiger partial charge on any atom is 0.154 e. The number of hydrogen-bond donors (Lipinski definition) is 2. The lowest BCUT2D eigenvalue weighted by molar-refractivity contribution is -0.147. The van der Waals surface area contributed by atoms with Gasteiger partial charge in [-0.05, 0) is 0 Å². The van der Waals surface area contributed by atoms with Crippen molar-refractivity contribution in [3.05, 3.63) is 0 Å². The molecule has 0 amide bonds. The standard InChI is InChI=1S/C6H12O3/c1-4(6(7)8)5-2-9-3-5/h4-8H,2-3H2,1H3. The third-order valence-electron chi connectivity index (χ3n) is 1.88. The molecule has 0 spiro atoms. The van der Waals surface area contributed by atoms with Crippen LogP contribution >= 0.6 is 0 Å². The Morgan fingerprint density at radius 2 is 2.00 bits per heavy atom. The highest BCUT2D eigenvalue weighted by molar-refractivity contribution is 4.72. The average Bonchev–Trinajstić information content (AvgIpc) is 1.60. The van der Waals surface area contributed by atoms with Gasteiger partial charge in [0.2, 0.25) is 0 Å². The van der Waals surface area contributed by atoms with Crippen LogP contribution in [0.5, 0.6) is 0 Å². The third kappa shape index (κ3) is 1.41. The van der Waals surface area contributed by atoms with Crippen LogP contribution in [0.1, 0.15) is 6.92 Å². The van der Waals surface area contributed by atoms with Gasteiger partial charge in [0.25, 0.3) is 0 Å². The van der Waals surface area contributed by atoms with Crippen molar-refractivity contribution >= 4 is 0 Å². The fourth-order valence-corrected chi connectivity index (χ4v) is 0.801. The van der Waals surface area contributed by atoms with Crippen LogP contribution in [0.15, 0.2) is 0 Å². The van der Waals surface area contributed by atoms with Crippen LogP contribution in [0.4, 0.5) is 0 Å². The van der Waals surface area contributed by atoms with Crippen molar-refractivity contribution in [1.82, 2.24) is 0 Å². The fraction of sp³-hybridized carbons (Fsp3) is 1.00. The molecular formula is C6H12O3. The first-order valence-electron chi connectivity index (χ1n) is 3.15. The molecule has 1 heterocycles. The summed E-state index contributed by atoms with van der Waals surface area (Å²) < 4.78 is 4.88. The van der Waals surface area contributed by atoms with Gasteiger partial charge in [-0.25, -0.2) is 0 Å². The Labute approximate surface area is 54.3 Å². The topological polar surface area (TPSA) is 49.7 Å². The summed E-state index contributed by atoms with van der Waals surface area (Å²) in [5.41, 5.74) is 0. The first kappa shape index (κ1) is 6.99. The molecule has 1 rings (SSSR count). The van der Waals surface area contributed by atoms with Crippen LogP contribution in [0.25, 0.3) is 0 Å². The van der Waals surface area contributed by atoms with Gasteiger partial charge < -0.3 is 14.9 Å². The quantitative estimate of drug-likeness (QED) is 0.502. The molecule has 3 heteroatoms. The van der Waals surface area contributed by atoms with Gasteiger partial charge in [-0.3, -0.25) is 0 Å². The molecule has 1 aliphatic heterocycles. The molecule has 0 aromatic heterocycles. The SMILES string of the molecule is CC(C(O)O)C1COC1. The lowest BCUT2D eigenvalue weighted by atomic mass is 9.92. The lowest BCUT2D eigenvalue weighted by Crippen LogP contribution is -2.38. The maximum atomic E-state index is 8.66. The zero-order valence-corrected chi connectivity index (χ0v) is 5.45. The highest BCUT2D eigenvalue weighted by atomic mass is 16.5. The second kappa shape index (κ2) is 2.64. The first-order chi connectivity index (χ1) is 4.22. The molecule has 9 heavy (non-hydrogen) atoms. The Balaban J connectivity index is 2.23. The van der Waals surface area contributed by atoms with Gasteiger partial charge in [-0.2, -0.15) is 0 Å². The van der Waals surface area contributed by atoms with Gasteiger partial charge in [-0.15, -0.1) is 0 Å². The van der Waals surface area contributed by atoms with E-state index < -0.39 is 6.29 Å². The molecule has 1 saturated heterocycles. The molecule has 0 aromatic rings. The van der Waals surface area contributed by atoms with E-state index in [1.54, 1.807) is 0 Å². The van der Waals surface area contributed by atoms with Crippen molar-refractivity contribution in [2.24, 2.45) is 11.8 Å². The summed E-state index contributed by atoms with van der Waals surface area (Å²) in [4.78, 5) is 0. The van der Waals surface area contributed by atoms with Gasteiger partial charge >= 0.3 is 0 Å². The summed E-state index contributed by atoms with van der Waals surface area (Å²) in [6.07, 6.45) is -1.18. The molecule has 1 unspecified atom stereocenters. The van der Waals surface area contributed by atoms with Gasteiger partial charge in [0.15, 0.2) is 6.29 Å². The van der Waals surface area contributed by atoms with E-state index in [1.165, 1.54) is 0 Å². The van der Waals surface area contributed by atoms with Gasteiger partial charge in [0.05, 0.1) is 13.2 Å². The average molecular weight is 132 g/mol. The summed E-state index contributed by atoms with van der Waals surface area (Å²) in [6.45, 7) is 3.18. The summed E-state index contributed by atoms with van der Waals surface area (Å²) in [7, 11) is 0. The highest BCUT2D eigenvalue weighted by Gasteiger charge is 2.28. The molecule has 3 nitrogen and oxygen atoms in total. The zero-order valence-electron chi connectivity index (χ0n) is 5.45. The minimum Gasteiger partial charge on any atom is -0.381 e. The zero-order chi connectivity index (χ0) is 6.85. The van der Waals surface area contributed by atoms with E-state index in [9.17, 15) is 0 Å². The van der Waals surface area contributed by atoms with Crippen LogP contribution in [-0.4, -0.2) is 29.7 Å². The van der Waals surface area contributed by atoms with E-state index >= 15 is 0 Å². The number of hydrogen-bond acceptors (Lipinski definition) is 3. The van der Waals surface area contributed by atoms with Crippen molar-refractivity contribution < 1.29 is 14.9 Å². The Hall–Kier alpha value is -0.120. The second-order valence-corrected chi connectivity index (χ2v) is 2.57. The van der Waals surface area contributed by atoms with E-state index in [0.717, 1.165) is 0 Å². The Bertz CT molecular complexity index is 88.3. The van der Waals surface area contributed by atoms with Crippen molar-refractivity contribution in [2.45, 2.75) is 13.2 Å². The van der Waals surface area contributed by atoms with Crippen molar-refractivity contribution in [3.63, 3.8) is 0 Å². The van der Waals surface area contributed by atoms with E-state index in [4.69, 9.17) is 14.9 Å². The van der Waals surface area contributed by atoms with E-state index in [1.807, 2.05) is 6.92 Å². The summed E-state index contributed by atoms with van der Waals surface area (Å²) in [5, 5.41) is 17.3. The number of aliphatic hydroxyl groups excluding tert-OH is 1. The molecule has 1 atom stereocenters. The lowest BCUT2D eigenvalue weighted by Gasteiger charge is -2.32. The van der Waals surface area contributed by atoms with Crippen LogP contribution in [0.2, 0.25) is 0 Å². The molecule has 0 aliphatic carbocycles. The molecular weight excluding hydrogens is 120 g/mol. The van der Waals surface area contributed by atoms with Gasteiger partial charge in [0.1, 0.15) is 0 Å². The van der Waals surface area contributed by atoms with Gasteiger partial charge in [0, 0.05) is 11.8 Å². The van der Waals surface area contributed by atoms with E-state index in [0.29, 0.717) is 19.1 Å². The van der Waals surface area contributed by atoms with Crippen molar-refractivity contribution in [1.29, 1.82) is 0 Å². The van der Waals surface area contributed by atoms with Crippen LogP contribution in [0, 0.1) is 11.8 Å². The van der Waals surface area contributed by atoms with Crippen LogP contribution in [0.3, 0.4) is 0 Å². The number of rotatable bonds is 2. The molecule has 0 bridgehead atoms. The number of aliphatic hydroxyl groups is 2. The van der Waals surface area contributed by atoms with Gasteiger partial charge in [-0.1, -0.05) is 6.92 Å². The summed E-state index contributed by atoms with van der Waals surface area (Å²) >= 11 is 0. The Morgan fingerprint density at radius 1 is 1.44 bits per heavy atom. The Kier molecular flexibility index (Phi) is 2.05. The minimum atomic E-state index is -1.18. The largest absolute Gasteiger partial charge is 0.381 e. The molecule has 2 N–H and O–H groups in total. The molecule has 54 valence electrons. The maximum absolute atomic E-state index is 8.66. The second-order valence-electron chi connectivity index (χ2n) is 2.57. The van der Waals surface area contributed by atoms with E-state index in [-0.39, 0.29) is 5.92 Å². The summed E-state index contributed by atoms with van der Waals surface area (Å²) in [6, 6.07) is 0. The number of ether oxygens (including phenoxy) is 1. The first-order valence-corrected chi connectivity index (χ1v) is 3.15. The molecule has 0 aromatic carbocycles. The van der Waals surface area contributed by atoms with Crippen LogP contribution < -0.4 is 0 Å². The normalized spacial score (nSPS) is 24.0. The minimum absolute atomic E-state index is 0.0428. The monoisotopic (exact) mass is 132 g/mol. The van der Waals surface area contributed by atoms with Crippen molar-refractivity contribution in [3.8, 4) is 0 Å². The molecule has 1 fully saturated rings. The van der Waals surface area contributed by atoms with Crippen molar-refractivity contribution in [2.75, 3.05) is 13.2 Å². The predicted octanol–water partition coefficient (Wildman–Crippen LogP) is -0.420. The predicted molar refractivity (Wildman–Crippen MR) is 31.7 cm³/mol. The smallest absolute Gasteiger partial charge is 0.154 e. The highest BCUT2D eigenvalue weighted by Crippen LogP contribution is 2.21. The third-order valence-corrected chi connectivity index (χ3v) is 1.88. The molecule has 0 radical (unpaired) electrons. The summed E-state index contributed by atoms with van der Waals surface area (Å²) in [5.74, 6) is 0.309.